The number of alkyl halides is 3. The Morgan fingerprint density at radius 2 is 1.96 bits per heavy atom. The van der Waals surface area contributed by atoms with E-state index in [1.54, 1.807) is 0 Å². The van der Waals surface area contributed by atoms with Crippen LogP contribution in [0.25, 0.3) is 0 Å². The van der Waals surface area contributed by atoms with Gasteiger partial charge < -0.3 is 15.2 Å². The Balaban J connectivity index is 2.28. The van der Waals surface area contributed by atoms with E-state index in [-0.39, 0.29) is 17.4 Å². The maximum atomic E-state index is 13.4. The summed E-state index contributed by atoms with van der Waals surface area (Å²) < 4.78 is 45.1. The summed E-state index contributed by atoms with van der Waals surface area (Å²) in [6.07, 6.45) is -3.97. The first-order valence-electron chi connectivity index (χ1n) is 7.01. The molecule has 1 atom stereocenters. The van der Waals surface area contributed by atoms with E-state index in [2.05, 4.69) is 10.3 Å². The first kappa shape index (κ1) is 19.0. The molecule has 5 nitrogen and oxygen atoms in total. The van der Waals surface area contributed by atoms with Crippen molar-refractivity contribution in [3.63, 3.8) is 0 Å². The molecule has 1 aromatic carbocycles. The van der Waals surface area contributed by atoms with Gasteiger partial charge in [0.15, 0.2) is 0 Å². The molecule has 25 heavy (non-hydrogen) atoms. The minimum absolute atomic E-state index is 0.136. The average molecular weight is 375 g/mol. The van der Waals surface area contributed by atoms with Gasteiger partial charge in [0, 0.05) is 24.4 Å². The van der Waals surface area contributed by atoms with Crippen LogP contribution in [0.4, 0.5) is 13.2 Å². The third kappa shape index (κ3) is 3.85. The van der Waals surface area contributed by atoms with Gasteiger partial charge in [0.1, 0.15) is 0 Å². The molecule has 0 fully saturated rings. The molecule has 0 saturated carbocycles. The highest BCUT2D eigenvalue weighted by molar-refractivity contribution is 6.31. The normalized spacial score (nSPS) is 13.8. The number of pyridine rings is 1. The van der Waals surface area contributed by atoms with E-state index in [1.165, 1.54) is 37.6 Å². The first-order valence-corrected chi connectivity index (χ1v) is 7.39. The van der Waals surface area contributed by atoms with Crippen LogP contribution in [0.2, 0.25) is 5.02 Å². The number of carbonyl (C=O) groups is 1. The van der Waals surface area contributed by atoms with Gasteiger partial charge in [-0.2, -0.15) is 13.2 Å². The van der Waals surface area contributed by atoms with Gasteiger partial charge in [-0.1, -0.05) is 41.9 Å². The molecular formula is C16H14ClF3N2O3. The summed E-state index contributed by atoms with van der Waals surface area (Å²) >= 11 is 5.90. The van der Waals surface area contributed by atoms with Gasteiger partial charge in [0.25, 0.3) is 11.5 Å². The number of methoxy groups -OCH3 is 1. The average Bonchev–Trinajstić information content (AvgIpc) is 2.59. The predicted octanol–water partition coefficient (Wildman–Crippen LogP) is 2.81. The molecule has 2 aromatic rings. The van der Waals surface area contributed by atoms with Crippen LogP contribution in [0.5, 0.6) is 5.88 Å². The van der Waals surface area contributed by atoms with Crippen LogP contribution >= 0.6 is 11.6 Å². The van der Waals surface area contributed by atoms with Crippen LogP contribution in [-0.2, 0) is 16.9 Å². The quantitative estimate of drug-likeness (QED) is 0.844. The van der Waals surface area contributed by atoms with E-state index in [0.29, 0.717) is 5.56 Å². The highest BCUT2D eigenvalue weighted by Crippen LogP contribution is 2.39. The minimum atomic E-state index is -5.21. The second-order valence-corrected chi connectivity index (χ2v) is 5.48. The van der Waals surface area contributed by atoms with Gasteiger partial charge in [-0.05, 0) is 5.56 Å². The molecule has 0 aliphatic carbocycles. The maximum Gasteiger partial charge on any atom is 0.430 e. The van der Waals surface area contributed by atoms with E-state index in [4.69, 9.17) is 16.3 Å². The largest absolute Gasteiger partial charge is 0.481 e. The second-order valence-electron chi connectivity index (χ2n) is 5.07. The number of benzene rings is 1. The highest BCUT2D eigenvalue weighted by atomic mass is 35.5. The summed E-state index contributed by atoms with van der Waals surface area (Å²) in [6.45, 7) is -0.345. The molecule has 0 spiro atoms. The van der Waals surface area contributed by atoms with Crippen molar-refractivity contribution < 1.29 is 27.8 Å². The smallest absolute Gasteiger partial charge is 0.430 e. The van der Waals surface area contributed by atoms with Crippen molar-refractivity contribution in [1.29, 1.82) is 0 Å². The Morgan fingerprint density at radius 3 is 2.52 bits per heavy atom. The first-order chi connectivity index (χ1) is 11.7. The zero-order valence-corrected chi connectivity index (χ0v) is 13.7. The van der Waals surface area contributed by atoms with Gasteiger partial charge in [0.05, 0.1) is 12.1 Å². The SMILES string of the molecule is COc1cc(CNC(=O)[C@](O)(c2ccccc2)C(F)(F)F)c(Cl)cn1. The Hall–Kier alpha value is -2.32. The highest BCUT2D eigenvalue weighted by Gasteiger charge is 2.60. The molecule has 1 aromatic heterocycles. The number of nitrogens with one attached hydrogen (secondary N) is 1. The predicted molar refractivity (Wildman–Crippen MR) is 84.0 cm³/mol. The Kier molecular flexibility index (Phi) is 5.54. The van der Waals surface area contributed by atoms with Crippen molar-refractivity contribution in [1.82, 2.24) is 10.3 Å². The fraction of sp³-hybridized carbons (Fsp3) is 0.250. The fourth-order valence-electron chi connectivity index (χ4n) is 2.11. The number of carbonyl (C=O) groups excluding carboxylic acids is 1. The lowest BCUT2D eigenvalue weighted by molar-refractivity contribution is -0.257. The molecule has 0 bridgehead atoms. The fourth-order valence-corrected chi connectivity index (χ4v) is 2.28. The summed E-state index contributed by atoms with van der Waals surface area (Å²) in [7, 11) is 1.36. The topological polar surface area (TPSA) is 71.5 Å². The van der Waals surface area contributed by atoms with Crippen LogP contribution in [0.15, 0.2) is 42.6 Å². The van der Waals surface area contributed by atoms with Crippen molar-refractivity contribution in [3.05, 3.63) is 58.7 Å². The molecule has 1 amide bonds. The summed E-state index contributed by atoms with van der Waals surface area (Å²) in [5.74, 6) is -1.43. The summed E-state index contributed by atoms with van der Waals surface area (Å²) in [5, 5.41) is 12.3. The van der Waals surface area contributed by atoms with Crippen LogP contribution in [0.3, 0.4) is 0 Å². The Labute approximate surface area is 146 Å². The molecule has 0 saturated heterocycles. The summed E-state index contributed by atoms with van der Waals surface area (Å²) in [4.78, 5) is 16.0. The molecule has 0 aliphatic rings. The maximum absolute atomic E-state index is 13.4. The zero-order chi connectivity index (χ0) is 18.7. The van der Waals surface area contributed by atoms with Crippen molar-refractivity contribution >= 4 is 17.5 Å². The standard InChI is InChI=1S/C16H14ClF3N2O3/c1-25-13-7-10(12(17)9-21-13)8-22-14(23)15(24,16(18,19)20)11-5-3-2-4-6-11/h2-7,9,24H,8H2,1H3,(H,22,23)/t15-/m1/s1. The van der Waals surface area contributed by atoms with Crippen molar-refractivity contribution in [3.8, 4) is 5.88 Å². The van der Waals surface area contributed by atoms with E-state index in [9.17, 15) is 23.1 Å². The lowest BCUT2D eigenvalue weighted by atomic mass is 9.92. The number of aliphatic hydroxyl groups is 1. The number of ether oxygens (including phenoxy) is 1. The van der Waals surface area contributed by atoms with Crippen LogP contribution in [0, 0.1) is 0 Å². The number of aromatic nitrogens is 1. The van der Waals surface area contributed by atoms with Crippen molar-refractivity contribution in [2.75, 3.05) is 7.11 Å². The molecule has 0 unspecified atom stereocenters. The van der Waals surface area contributed by atoms with E-state index in [1.807, 2.05) is 0 Å². The monoisotopic (exact) mass is 374 g/mol. The number of nitrogens with zero attached hydrogens (tertiary/aromatic N) is 1. The lowest BCUT2D eigenvalue weighted by Gasteiger charge is -2.29. The van der Waals surface area contributed by atoms with E-state index in [0.717, 1.165) is 12.1 Å². The second kappa shape index (κ2) is 7.28. The molecule has 2 N–H and O–H groups in total. The molecular weight excluding hydrogens is 361 g/mol. The van der Waals surface area contributed by atoms with Gasteiger partial charge in [-0.15, -0.1) is 0 Å². The molecule has 9 heteroatoms. The van der Waals surface area contributed by atoms with Crippen molar-refractivity contribution in [2.24, 2.45) is 0 Å². The number of hydrogen-bond acceptors (Lipinski definition) is 4. The van der Waals surface area contributed by atoms with Gasteiger partial charge in [-0.3, -0.25) is 4.79 Å². The number of halogens is 4. The van der Waals surface area contributed by atoms with Crippen LogP contribution in [-0.4, -0.2) is 29.3 Å². The van der Waals surface area contributed by atoms with Crippen molar-refractivity contribution in [2.45, 2.75) is 18.3 Å². The molecule has 1 heterocycles. The minimum Gasteiger partial charge on any atom is -0.481 e. The summed E-state index contributed by atoms with van der Waals surface area (Å²) in [6, 6.07) is 7.48. The summed E-state index contributed by atoms with van der Waals surface area (Å²) in [5.41, 5.74) is -3.98. The van der Waals surface area contributed by atoms with Crippen LogP contribution < -0.4 is 10.1 Å². The van der Waals surface area contributed by atoms with E-state index < -0.39 is 23.2 Å². The zero-order valence-electron chi connectivity index (χ0n) is 13.0. The van der Waals surface area contributed by atoms with Gasteiger partial charge in [-0.25, -0.2) is 4.98 Å². The number of hydrogen-bond donors (Lipinski definition) is 2. The van der Waals surface area contributed by atoms with Crippen LogP contribution in [0.1, 0.15) is 11.1 Å². The van der Waals surface area contributed by atoms with Gasteiger partial charge >= 0.3 is 6.18 Å². The molecule has 0 radical (unpaired) electrons. The van der Waals surface area contributed by atoms with Gasteiger partial charge in [0.2, 0.25) is 5.88 Å². The Bertz CT molecular complexity index is 756. The molecule has 134 valence electrons. The lowest BCUT2D eigenvalue weighted by Crippen LogP contribution is -2.54. The number of rotatable bonds is 5. The molecule has 0 aliphatic heterocycles. The third-order valence-corrected chi connectivity index (χ3v) is 3.83. The Morgan fingerprint density at radius 1 is 1.32 bits per heavy atom. The third-order valence-electron chi connectivity index (χ3n) is 3.49. The number of amides is 1. The molecule has 2 rings (SSSR count). The van der Waals surface area contributed by atoms with E-state index >= 15 is 0 Å².